The number of hydrogen-bond acceptors (Lipinski definition) is 7. The van der Waals surface area contributed by atoms with E-state index in [1.54, 1.807) is 7.11 Å². The van der Waals surface area contributed by atoms with E-state index in [4.69, 9.17) is 18.9 Å². The summed E-state index contributed by atoms with van der Waals surface area (Å²) in [6.45, 7) is 3.17. The van der Waals surface area contributed by atoms with Gasteiger partial charge in [0.2, 0.25) is 0 Å². The van der Waals surface area contributed by atoms with E-state index in [1.807, 2.05) is 55.5 Å². The van der Waals surface area contributed by atoms with E-state index >= 15 is 0 Å². The van der Waals surface area contributed by atoms with Crippen LogP contribution in [0.2, 0.25) is 0 Å². The third kappa shape index (κ3) is 5.42. The molecular weight excluding hydrogens is 470 g/mol. The van der Waals surface area contributed by atoms with Gasteiger partial charge in [0.05, 0.1) is 18.8 Å². The quantitative estimate of drug-likeness (QED) is 0.510. The molecule has 5 rings (SSSR count). The molecule has 7 heteroatoms. The number of ketones is 1. The Bertz CT molecular complexity index is 1230. The van der Waals surface area contributed by atoms with Crippen LogP contribution >= 0.6 is 0 Å². The van der Waals surface area contributed by atoms with E-state index in [0.29, 0.717) is 48.0 Å². The second-order valence-corrected chi connectivity index (χ2v) is 9.68. The van der Waals surface area contributed by atoms with Crippen LogP contribution in [0, 0.1) is 0 Å². The molecule has 0 radical (unpaired) electrons. The number of dihydropyridines is 1. The number of methoxy groups -OCH3 is 1. The summed E-state index contributed by atoms with van der Waals surface area (Å²) in [5.41, 5.74) is 4.52. The summed E-state index contributed by atoms with van der Waals surface area (Å²) >= 11 is 0. The Kier molecular flexibility index (Phi) is 7.60. The van der Waals surface area contributed by atoms with Crippen molar-refractivity contribution in [1.82, 2.24) is 5.32 Å². The first-order valence-corrected chi connectivity index (χ1v) is 12.9. The molecule has 1 aliphatic carbocycles. The van der Waals surface area contributed by atoms with Gasteiger partial charge in [0, 0.05) is 35.9 Å². The molecule has 37 heavy (non-hydrogen) atoms. The van der Waals surface area contributed by atoms with Crippen molar-refractivity contribution in [2.45, 2.75) is 57.7 Å². The van der Waals surface area contributed by atoms with Gasteiger partial charge in [-0.15, -0.1) is 0 Å². The van der Waals surface area contributed by atoms with Gasteiger partial charge in [-0.05, 0) is 55.9 Å². The lowest BCUT2D eigenvalue weighted by molar-refractivity contribution is -0.142. The van der Waals surface area contributed by atoms with Crippen LogP contribution in [0.5, 0.6) is 11.5 Å². The highest BCUT2D eigenvalue weighted by Gasteiger charge is 2.39. The predicted octanol–water partition coefficient (Wildman–Crippen LogP) is 4.96. The van der Waals surface area contributed by atoms with E-state index in [1.165, 1.54) is 0 Å². The third-order valence-electron chi connectivity index (χ3n) is 7.18. The Balaban J connectivity index is 1.46. The molecule has 0 amide bonds. The molecule has 0 bridgehead atoms. The molecule has 0 aromatic heterocycles. The molecule has 2 heterocycles. The van der Waals surface area contributed by atoms with E-state index in [-0.39, 0.29) is 18.5 Å². The minimum absolute atomic E-state index is 0.0547. The van der Waals surface area contributed by atoms with Crippen molar-refractivity contribution in [3.8, 4) is 11.5 Å². The molecule has 2 aliphatic heterocycles. The van der Waals surface area contributed by atoms with Crippen LogP contribution in [0.4, 0.5) is 0 Å². The molecular formula is C30H33NO6. The number of Topliss-reactive ketones (excluding diaryl/α,β-unsaturated/α-hetero) is 1. The zero-order chi connectivity index (χ0) is 25.8. The van der Waals surface area contributed by atoms with Gasteiger partial charge in [-0.25, -0.2) is 4.79 Å². The molecule has 2 aromatic carbocycles. The maximum atomic E-state index is 13.4. The van der Waals surface area contributed by atoms with Gasteiger partial charge in [-0.3, -0.25) is 4.79 Å². The monoisotopic (exact) mass is 503 g/mol. The van der Waals surface area contributed by atoms with Crippen molar-refractivity contribution in [2.24, 2.45) is 0 Å². The average molecular weight is 504 g/mol. The lowest BCUT2D eigenvalue weighted by Gasteiger charge is -2.34. The molecule has 2 aromatic rings. The van der Waals surface area contributed by atoms with E-state index in [0.717, 1.165) is 42.5 Å². The fraction of sp³-hybridized carbons (Fsp3) is 0.400. The first-order valence-electron chi connectivity index (χ1n) is 12.9. The van der Waals surface area contributed by atoms with E-state index in [9.17, 15) is 9.59 Å². The second-order valence-electron chi connectivity index (χ2n) is 9.68. The number of hydrogen-bond donors (Lipinski definition) is 1. The van der Waals surface area contributed by atoms with Crippen molar-refractivity contribution in [3.05, 3.63) is 82.2 Å². The molecule has 0 unspecified atom stereocenters. The Labute approximate surface area is 217 Å². The number of benzene rings is 2. The molecule has 1 N–H and O–H groups in total. The second kappa shape index (κ2) is 11.2. The summed E-state index contributed by atoms with van der Waals surface area (Å²) < 4.78 is 23.1. The summed E-state index contributed by atoms with van der Waals surface area (Å²) in [6.07, 6.45) is 3.79. The average Bonchev–Trinajstić information content (AvgIpc) is 3.44. The fourth-order valence-corrected chi connectivity index (χ4v) is 5.33. The lowest BCUT2D eigenvalue weighted by Crippen LogP contribution is -2.35. The van der Waals surface area contributed by atoms with Crippen LogP contribution in [0.15, 0.2) is 71.1 Å². The molecule has 2 atom stereocenters. The largest absolute Gasteiger partial charge is 0.493 e. The molecule has 1 saturated heterocycles. The minimum atomic E-state index is -0.543. The number of esters is 1. The standard InChI is InChI=1S/C30H33NO6/c1-19-27(30(33)37-18-22-10-7-15-35-22)28(29-23(31-19)11-6-12-24(29)32)21-13-14-25(26(16-21)34-2)36-17-20-8-4-3-5-9-20/h3-5,8-9,13-14,16,22,28,31H,6-7,10-12,15,17-18H2,1-2H3/t22-,28+/m0/s1. The van der Waals surface area contributed by atoms with Gasteiger partial charge >= 0.3 is 5.97 Å². The third-order valence-corrected chi connectivity index (χ3v) is 7.18. The zero-order valence-corrected chi connectivity index (χ0v) is 21.4. The van der Waals surface area contributed by atoms with Crippen LogP contribution in [0.3, 0.4) is 0 Å². The first kappa shape index (κ1) is 25.1. The number of allylic oxidation sites excluding steroid dienone is 3. The molecule has 3 aliphatic rings. The van der Waals surface area contributed by atoms with Crippen LogP contribution in [-0.2, 0) is 25.7 Å². The van der Waals surface area contributed by atoms with Gasteiger partial charge in [-0.1, -0.05) is 36.4 Å². The number of carbonyl (C=O) groups excluding carboxylic acids is 2. The SMILES string of the molecule is COc1cc([C@@H]2C(C(=O)OC[C@@H]3CCCO3)=C(C)NC3=C2C(=O)CCC3)ccc1OCc1ccccc1. The smallest absolute Gasteiger partial charge is 0.336 e. The van der Waals surface area contributed by atoms with E-state index < -0.39 is 11.9 Å². The van der Waals surface area contributed by atoms with Crippen LogP contribution in [0.25, 0.3) is 0 Å². The predicted molar refractivity (Wildman–Crippen MR) is 138 cm³/mol. The number of ether oxygens (including phenoxy) is 4. The summed E-state index contributed by atoms with van der Waals surface area (Å²) in [5, 5.41) is 3.34. The van der Waals surface area contributed by atoms with Crippen LogP contribution < -0.4 is 14.8 Å². The normalized spacial score (nSPS) is 21.4. The molecule has 7 nitrogen and oxygen atoms in total. The lowest BCUT2D eigenvalue weighted by atomic mass is 9.75. The van der Waals surface area contributed by atoms with Crippen molar-refractivity contribution >= 4 is 11.8 Å². The zero-order valence-electron chi connectivity index (χ0n) is 21.4. The highest BCUT2D eigenvalue weighted by atomic mass is 16.6. The highest BCUT2D eigenvalue weighted by molar-refractivity contribution is 6.03. The van der Waals surface area contributed by atoms with Crippen molar-refractivity contribution in [1.29, 1.82) is 0 Å². The van der Waals surface area contributed by atoms with Crippen molar-refractivity contribution in [2.75, 3.05) is 20.3 Å². The summed E-state index contributed by atoms with van der Waals surface area (Å²) in [6, 6.07) is 15.5. The van der Waals surface area contributed by atoms with Crippen molar-refractivity contribution in [3.63, 3.8) is 0 Å². The topological polar surface area (TPSA) is 83.1 Å². The molecule has 194 valence electrons. The maximum Gasteiger partial charge on any atom is 0.336 e. The molecule has 0 spiro atoms. The van der Waals surface area contributed by atoms with Gasteiger partial charge in [0.25, 0.3) is 0 Å². The van der Waals surface area contributed by atoms with Gasteiger partial charge in [0.15, 0.2) is 17.3 Å². The van der Waals surface area contributed by atoms with Crippen LogP contribution in [0.1, 0.15) is 56.1 Å². The van der Waals surface area contributed by atoms with Gasteiger partial charge < -0.3 is 24.3 Å². The van der Waals surface area contributed by atoms with E-state index in [2.05, 4.69) is 5.32 Å². The van der Waals surface area contributed by atoms with Gasteiger partial charge in [-0.2, -0.15) is 0 Å². The minimum Gasteiger partial charge on any atom is -0.493 e. The Morgan fingerprint density at radius 3 is 2.68 bits per heavy atom. The first-order chi connectivity index (χ1) is 18.0. The Hall–Kier alpha value is -3.58. The summed E-state index contributed by atoms with van der Waals surface area (Å²) in [7, 11) is 1.59. The van der Waals surface area contributed by atoms with Gasteiger partial charge in [0.1, 0.15) is 13.2 Å². The molecule has 0 saturated carbocycles. The number of carbonyl (C=O) groups is 2. The summed E-state index contributed by atoms with van der Waals surface area (Å²) in [5.74, 6) is 0.217. The van der Waals surface area contributed by atoms with Crippen molar-refractivity contribution < 1.29 is 28.5 Å². The number of rotatable bonds is 8. The molecule has 1 fully saturated rings. The highest BCUT2D eigenvalue weighted by Crippen LogP contribution is 2.44. The number of nitrogens with one attached hydrogen (secondary N) is 1. The maximum absolute atomic E-state index is 13.4. The Morgan fingerprint density at radius 1 is 1.08 bits per heavy atom. The summed E-state index contributed by atoms with van der Waals surface area (Å²) in [4.78, 5) is 26.6. The Morgan fingerprint density at radius 2 is 1.92 bits per heavy atom. The fourth-order valence-electron chi connectivity index (χ4n) is 5.33. The van der Waals surface area contributed by atoms with Crippen LogP contribution in [-0.4, -0.2) is 38.2 Å².